The van der Waals surface area contributed by atoms with Crippen LogP contribution < -0.4 is 11.1 Å². The van der Waals surface area contributed by atoms with Gasteiger partial charge in [-0.2, -0.15) is 0 Å². The number of piperidine rings is 1. The normalized spacial score (nSPS) is 15.0. The van der Waals surface area contributed by atoms with E-state index in [9.17, 15) is 14.4 Å². The summed E-state index contributed by atoms with van der Waals surface area (Å²) in [5, 5.41) is 2.54. The number of carbonyl (C=O) groups excluding carboxylic acids is 3. The zero-order valence-electron chi connectivity index (χ0n) is 14.0. The molecule has 7 nitrogen and oxygen atoms in total. The number of aryl methyl sites for hydroxylation is 1. The van der Waals surface area contributed by atoms with Gasteiger partial charge in [-0.15, -0.1) is 0 Å². The lowest BCUT2D eigenvalue weighted by Gasteiger charge is -2.30. The number of anilines is 2. The average molecular weight is 333 g/mol. The maximum atomic E-state index is 12.2. The van der Waals surface area contributed by atoms with Crippen molar-refractivity contribution in [2.24, 2.45) is 5.92 Å². The number of hydrogen-bond donors (Lipinski definition) is 2. The summed E-state index contributed by atoms with van der Waals surface area (Å²) in [7, 11) is 0. The van der Waals surface area contributed by atoms with Crippen LogP contribution in [0.4, 0.5) is 11.4 Å². The first-order valence-corrected chi connectivity index (χ1v) is 8.05. The maximum Gasteiger partial charge on any atom is 0.313 e. The minimum absolute atomic E-state index is 0.204. The minimum Gasteiger partial charge on any atom is -0.466 e. The number of nitrogens with one attached hydrogen (secondary N) is 1. The Labute approximate surface area is 141 Å². The number of nitrogens with two attached hydrogens (primary N) is 1. The standard InChI is InChI=1S/C17H23N3O4/c1-3-24-17(23)12-6-8-20(9-7-12)16(22)15(21)19-14-5-4-11(2)10-13(14)18/h4-5,10,12H,3,6-9,18H2,1-2H3,(H,19,21). The maximum absolute atomic E-state index is 12.2. The van der Waals surface area contributed by atoms with E-state index >= 15 is 0 Å². The summed E-state index contributed by atoms with van der Waals surface area (Å²) in [6, 6.07) is 5.20. The van der Waals surface area contributed by atoms with Crippen molar-refractivity contribution in [3.63, 3.8) is 0 Å². The Kier molecular flexibility index (Phi) is 5.78. The van der Waals surface area contributed by atoms with Gasteiger partial charge in [-0.3, -0.25) is 14.4 Å². The fourth-order valence-corrected chi connectivity index (χ4v) is 2.69. The van der Waals surface area contributed by atoms with Gasteiger partial charge in [0.05, 0.1) is 23.9 Å². The third kappa shape index (κ3) is 4.24. The molecule has 0 atom stereocenters. The highest BCUT2D eigenvalue weighted by Crippen LogP contribution is 2.21. The molecule has 0 spiro atoms. The van der Waals surface area contributed by atoms with Crippen LogP contribution in [0.5, 0.6) is 0 Å². The molecule has 1 aromatic carbocycles. The fraction of sp³-hybridized carbons (Fsp3) is 0.471. The van der Waals surface area contributed by atoms with Gasteiger partial charge in [-0.05, 0) is 44.4 Å². The van der Waals surface area contributed by atoms with E-state index in [2.05, 4.69) is 5.32 Å². The van der Waals surface area contributed by atoms with Crippen molar-refractivity contribution in [3.8, 4) is 0 Å². The van der Waals surface area contributed by atoms with Gasteiger partial charge in [-0.1, -0.05) is 6.07 Å². The van der Waals surface area contributed by atoms with Crippen LogP contribution in [-0.4, -0.2) is 42.4 Å². The molecule has 1 heterocycles. The zero-order chi connectivity index (χ0) is 17.7. The van der Waals surface area contributed by atoms with Crippen LogP contribution in [-0.2, 0) is 19.1 Å². The van der Waals surface area contributed by atoms with Gasteiger partial charge >= 0.3 is 17.8 Å². The SMILES string of the molecule is CCOC(=O)C1CCN(C(=O)C(=O)Nc2ccc(C)cc2N)CC1. The molecule has 1 aromatic rings. The average Bonchev–Trinajstić information content (AvgIpc) is 2.57. The Balaban J connectivity index is 1.90. The second-order valence-electron chi connectivity index (χ2n) is 5.86. The van der Waals surface area contributed by atoms with E-state index in [0.29, 0.717) is 43.9 Å². The number of likely N-dealkylation sites (tertiary alicyclic amines) is 1. The number of benzene rings is 1. The Morgan fingerprint density at radius 1 is 1.29 bits per heavy atom. The quantitative estimate of drug-likeness (QED) is 0.493. The summed E-state index contributed by atoms with van der Waals surface area (Å²) >= 11 is 0. The van der Waals surface area contributed by atoms with Gasteiger partial charge in [-0.25, -0.2) is 0 Å². The smallest absolute Gasteiger partial charge is 0.313 e. The largest absolute Gasteiger partial charge is 0.466 e. The van der Waals surface area contributed by atoms with Crippen LogP contribution in [0.15, 0.2) is 18.2 Å². The van der Waals surface area contributed by atoms with Gasteiger partial charge in [0.1, 0.15) is 0 Å². The second-order valence-corrected chi connectivity index (χ2v) is 5.86. The number of amides is 2. The van der Waals surface area contributed by atoms with Crippen molar-refractivity contribution in [1.29, 1.82) is 0 Å². The van der Waals surface area contributed by atoms with E-state index in [0.717, 1.165) is 5.56 Å². The first-order valence-electron chi connectivity index (χ1n) is 8.05. The lowest BCUT2D eigenvalue weighted by molar-refractivity contribution is -0.152. The minimum atomic E-state index is -0.722. The number of rotatable bonds is 3. The highest BCUT2D eigenvalue weighted by atomic mass is 16.5. The highest BCUT2D eigenvalue weighted by molar-refractivity contribution is 6.39. The summed E-state index contributed by atoms with van der Waals surface area (Å²) in [6.45, 7) is 4.72. The van der Waals surface area contributed by atoms with Crippen LogP contribution in [0, 0.1) is 12.8 Å². The summed E-state index contributed by atoms with van der Waals surface area (Å²) in [6.07, 6.45) is 1.01. The molecule has 0 saturated carbocycles. The molecule has 24 heavy (non-hydrogen) atoms. The molecule has 130 valence electrons. The number of hydrogen-bond acceptors (Lipinski definition) is 5. The molecule has 1 fully saturated rings. The van der Waals surface area contributed by atoms with Crippen molar-refractivity contribution in [1.82, 2.24) is 4.90 Å². The Bertz CT molecular complexity index is 637. The van der Waals surface area contributed by atoms with Gasteiger partial charge in [0.15, 0.2) is 0 Å². The van der Waals surface area contributed by atoms with Crippen molar-refractivity contribution in [2.45, 2.75) is 26.7 Å². The number of carbonyl (C=O) groups is 3. The first kappa shape index (κ1) is 17.8. The molecule has 7 heteroatoms. The van der Waals surface area contributed by atoms with E-state index in [-0.39, 0.29) is 11.9 Å². The van der Waals surface area contributed by atoms with E-state index in [1.54, 1.807) is 25.1 Å². The molecule has 2 amide bonds. The van der Waals surface area contributed by atoms with Crippen molar-refractivity contribution < 1.29 is 19.1 Å². The van der Waals surface area contributed by atoms with E-state index in [1.807, 2.05) is 6.92 Å². The van der Waals surface area contributed by atoms with E-state index in [4.69, 9.17) is 10.5 Å². The molecule has 0 unspecified atom stereocenters. The summed E-state index contributed by atoms with van der Waals surface area (Å²) in [5.41, 5.74) is 7.64. The monoisotopic (exact) mass is 333 g/mol. The molecule has 3 N–H and O–H groups in total. The topological polar surface area (TPSA) is 102 Å². The van der Waals surface area contributed by atoms with Crippen LogP contribution in [0.25, 0.3) is 0 Å². The molecule has 2 rings (SSSR count). The van der Waals surface area contributed by atoms with Crippen LogP contribution in [0.2, 0.25) is 0 Å². The van der Waals surface area contributed by atoms with Gasteiger partial charge in [0, 0.05) is 13.1 Å². The molecule has 0 radical (unpaired) electrons. The second kappa shape index (κ2) is 7.81. The lowest BCUT2D eigenvalue weighted by atomic mass is 9.97. The van der Waals surface area contributed by atoms with Gasteiger partial charge < -0.3 is 20.7 Å². The van der Waals surface area contributed by atoms with Crippen molar-refractivity contribution >= 4 is 29.2 Å². The highest BCUT2D eigenvalue weighted by Gasteiger charge is 2.30. The molecular formula is C17H23N3O4. The molecule has 1 saturated heterocycles. The van der Waals surface area contributed by atoms with Crippen LogP contribution in [0.3, 0.4) is 0 Å². The number of ether oxygens (including phenoxy) is 1. The number of nitrogen functional groups attached to an aromatic ring is 1. The molecule has 0 aromatic heterocycles. The van der Waals surface area contributed by atoms with E-state index in [1.165, 1.54) is 4.90 Å². The number of nitrogens with zero attached hydrogens (tertiary/aromatic N) is 1. The molecule has 1 aliphatic rings. The zero-order valence-corrected chi connectivity index (χ0v) is 14.0. The predicted molar refractivity (Wildman–Crippen MR) is 90.2 cm³/mol. The molecule has 0 bridgehead atoms. The summed E-state index contributed by atoms with van der Waals surface area (Å²) in [4.78, 5) is 37.5. The van der Waals surface area contributed by atoms with Crippen LogP contribution in [0.1, 0.15) is 25.3 Å². The lowest BCUT2D eigenvalue weighted by Crippen LogP contribution is -2.45. The molecule has 0 aliphatic carbocycles. The third-order valence-electron chi connectivity index (χ3n) is 4.05. The fourth-order valence-electron chi connectivity index (χ4n) is 2.69. The Morgan fingerprint density at radius 2 is 1.96 bits per heavy atom. The van der Waals surface area contributed by atoms with Crippen LogP contribution >= 0.6 is 0 Å². The van der Waals surface area contributed by atoms with Gasteiger partial charge in [0.2, 0.25) is 0 Å². The first-order chi connectivity index (χ1) is 11.4. The molecule has 1 aliphatic heterocycles. The number of esters is 1. The summed E-state index contributed by atoms with van der Waals surface area (Å²) < 4.78 is 4.99. The Morgan fingerprint density at radius 3 is 2.54 bits per heavy atom. The predicted octanol–water partition coefficient (Wildman–Crippen LogP) is 1.32. The van der Waals surface area contributed by atoms with Crippen molar-refractivity contribution in [3.05, 3.63) is 23.8 Å². The molecular weight excluding hydrogens is 310 g/mol. The van der Waals surface area contributed by atoms with E-state index < -0.39 is 11.8 Å². The summed E-state index contributed by atoms with van der Waals surface area (Å²) in [5.74, 6) is -1.77. The van der Waals surface area contributed by atoms with Crippen molar-refractivity contribution in [2.75, 3.05) is 30.7 Å². The van der Waals surface area contributed by atoms with Gasteiger partial charge in [0.25, 0.3) is 0 Å². The third-order valence-corrected chi connectivity index (χ3v) is 4.05. The Hall–Kier alpha value is -2.57.